The van der Waals surface area contributed by atoms with Gasteiger partial charge in [-0.1, -0.05) is 33.6 Å². The number of aromatic nitrogens is 2. The number of nitrogens with zero attached hydrogens (tertiary/aromatic N) is 2. The van der Waals surface area contributed by atoms with Crippen molar-refractivity contribution in [3.05, 3.63) is 50.2 Å². The second-order valence-electron chi connectivity index (χ2n) is 4.13. The molecule has 2 aromatic rings. The Hall–Kier alpha value is -0.690. The van der Waals surface area contributed by atoms with E-state index in [1.165, 1.54) is 5.56 Å². The van der Waals surface area contributed by atoms with Crippen LogP contribution in [0.5, 0.6) is 0 Å². The van der Waals surface area contributed by atoms with Crippen molar-refractivity contribution >= 4 is 31.9 Å². The third kappa shape index (κ3) is 2.51. The van der Waals surface area contributed by atoms with Crippen molar-refractivity contribution in [2.75, 3.05) is 0 Å². The highest BCUT2D eigenvalue weighted by Gasteiger charge is 2.21. The van der Waals surface area contributed by atoms with Gasteiger partial charge in [-0.05, 0) is 34.5 Å². The molecule has 0 aliphatic heterocycles. The van der Waals surface area contributed by atoms with Crippen molar-refractivity contribution in [1.82, 2.24) is 15.2 Å². The number of halogens is 2. The molecule has 0 saturated heterocycles. The first-order valence-corrected chi connectivity index (χ1v) is 7.02. The average molecular weight is 374 g/mol. The summed E-state index contributed by atoms with van der Waals surface area (Å²) >= 11 is 7.07. The zero-order chi connectivity index (χ0) is 13.3. The smallest absolute Gasteiger partial charge is 0.0900 e. The lowest BCUT2D eigenvalue weighted by Crippen LogP contribution is -2.31. The van der Waals surface area contributed by atoms with Crippen LogP contribution in [-0.2, 0) is 7.05 Å². The molecular weight excluding hydrogens is 360 g/mol. The monoisotopic (exact) mass is 372 g/mol. The quantitative estimate of drug-likeness (QED) is 0.642. The maximum atomic E-state index is 5.72. The van der Waals surface area contributed by atoms with Gasteiger partial charge in [0.25, 0.3) is 0 Å². The lowest BCUT2D eigenvalue weighted by atomic mass is 10.0. The van der Waals surface area contributed by atoms with E-state index >= 15 is 0 Å². The Balaban J connectivity index is 2.55. The molecule has 1 atom stereocenters. The fourth-order valence-electron chi connectivity index (χ4n) is 1.95. The van der Waals surface area contributed by atoms with Crippen LogP contribution in [0.1, 0.15) is 22.9 Å². The zero-order valence-electron chi connectivity index (χ0n) is 10.1. The molecular formula is C12H14Br2N4. The van der Waals surface area contributed by atoms with Gasteiger partial charge in [-0.3, -0.25) is 10.5 Å². The van der Waals surface area contributed by atoms with Gasteiger partial charge in [0.1, 0.15) is 0 Å². The van der Waals surface area contributed by atoms with E-state index in [1.807, 2.05) is 17.8 Å². The summed E-state index contributed by atoms with van der Waals surface area (Å²) in [6.07, 6.45) is 1.77. The Labute approximate surface area is 123 Å². The number of aryl methyl sites for hydroxylation is 2. The SMILES string of the molecule is Cc1ccc(Br)c(C(NN)c2c(Br)cnn2C)c1. The lowest BCUT2D eigenvalue weighted by Gasteiger charge is -2.19. The van der Waals surface area contributed by atoms with E-state index in [0.29, 0.717) is 0 Å². The molecule has 2 rings (SSSR count). The third-order valence-electron chi connectivity index (χ3n) is 2.84. The third-order valence-corrected chi connectivity index (χ3v) is 4.17. The van der Waals surface area contributed by atoms with Crippen molar-refractivity contribution in [2.45, 2.75) is 13.0 Å². The maximum absolute atomic E-state index is 5.72. The largest absolute Gasteiger partial charge is 0.271 e. The minimum Gasteiger partial charge on any atom is -0.271 e. The molecule has 18 heavy (non-hydrogen) atoms. The molecule has 0 radical (unpaired) electrons. The van der Waals surface area contributed by atoms with Gasteiger partial charge in [-0.25, -0.2) is 5.43 Å². The van der Waals surface area contributed by atoms with Crippen molar-refractivity contribution in [1.29, 1.82) is 0 Å². The summed E-state index contributed by atoms with van der Waals surface area (Å²) in [6.45, 7) is 2.06. The van der Waals surface area contributed by atoms with Crippen LogP contribution in [0.15, 0.2) is 33.3 Å². The predicted molar refractivity (Wildman–Crippen MR) is 79.0 cm³/mol. The first kappa shape index (κ1) is 13.7. The maximum Gasteiger partial charge on any atom is 0.0900 e. The van der Waals surface area contributed by atoms with E-state index in [-0.39, 0.29) is 6.04 Å². The Bertz CT molecular complexity index is 546. The molecule has 3 N–H and O–H groups in total. The van der Waals surface area contributed by atoms with Gasteiger partial charge in [-0.15, -0.1) is 0 Å². The van der Waals surface area contributed by atoms with Crippen LogP contribution in [0.3, 0.4) is 0 Å². The number of hydrogen-bond donors (Lipinski definition) is 2. The van der Waals surface area contributed by atoms with E-state index in [9.17, 15) is 0 Å². The summed E-state index contributed by atoms with van der Waals surface area (Å²) < 4.78 is 3.76. The predicted octanol–water partition coefficient (Wildman–Crippen LogP) is 2.81. The molecule has 0 fully saturated rings. The molecule has 1 unspecified atom stereocenters. The summed E-state index contributed by atoms with van der Waals surface area (Å²) in [5.74, 6) is 5.72. The van der Waals surface area contributed by atoms with Crippen LogP contribution in [0, 0.1) is 6.92 Å². The minimum absolute atomic E-state index is 0.124. The summed E-state index contributed by atoms with van der Waals surface area (Å²) in [4.78, 5) is 0. The molecule has 0 bridgehead atoms. The standard InChI is InChI=1S/C12H14Br2N4/c1-7-3-4-9(13)8(5-7)11(17-15)12-10(14)6-16-18(12)2/h3-6,11,17H,15H2,1-2H3. The average Bonchev–Trinajstić information content (AvgIpc) is 2.66. The molecule has 4 nitrogen and oxygen atoms in total. The molecule has 0 aliphatic carbocycles. The molecule has 0 amide bonds. The summed E-state index contributed by atoms with van der Waals surface area (Å²) in [5, 5.41) is 4.22. The van der Waals surface area contributed by atoms with Gasteiger partial charge >= 0.3 is 0 Å². The molecule has 1 aromatic heterocycles. The van der Waals surface area contributed by atoms with E-state index in [0.717, 1.165) is 20.2 Å². The number of benzene rings is 1. The van der Waals surface area contributed by atoms with Gasteiger partial charge in [0.15, 0.2) is 0 Å². The van der Waals surface area contributed by atoms with Gasteiger partial charge in [0.2, 0.25) is 0 Å². The van der Waals surface area contributed by atoms with Gasteiger partial charge in [0, 0.05) is 11.5 Å². The molecule has 0 saturated carbocycles. The number of nitrogens with two attached hydrogens (primary N) is 1. The van der Waals surface area contributed by atoms with Crippen molar-refractivity contribution in [3.63, 3.8) is 0 Å². The normalized spacial score (nSPS) is 12.7. The Morgan fingerprint density at radius 3 is 2.61 bits per heavy atom. The molecule has 96 valence electrons. The lowest BCUT2D eigenvalue weighted by molar-refractivity contribution is 0.571. The summed E-state index contributed by atoms with van der Waals surface area (Å²) in [6, 6.07) is 6.06. The van der Waals surface area contributed by atoms with Crippen LogP contribution in [0.4, 0.5) is 0 Å². The zero-order valence-corrected chi connectivity index (χ0v) is 13.3. The first-order chi connectivity index (χ1) is 8.54. The highest BCUT2D eigenvalue weighted by Crippen LogP contribution is 2.32. The highest BCUT2D eigenvalue weighted by molar-refractivity contribution is 9.10. The van der Waals surface area contributed by atoms with Gasteiger partial charge in [-0.2, -0.15) is 5.10 Å². The van der Waals surface area contributed by atoms with Gasteiger partial charge in [0.05, 0.1) is 22.4 Å². The Kier molecular flexibility index (Phi) is 4.21. The van der Waals surface area contributed by atoms with E-state index in [4.69, 9.17) is 5.84 Å². The summed E-state index contributed by atoms with van der Waals surface area (Å²) in [7, 11) is 1.90. The van der Waals surface area contributed by atoms with Crippen LogP contribution >= 0.6 is 31.9 Å². The van der Waals surface area contributed by atoms with E-state index in [2.05, 4.69) is 61.4 Å². The van der Waals surface area contributed by atoms with Crippen LogP contribution in [0.25, 0.3) is 0 Å². The fourth-order valence-corrected chi connectivity index (χ4v) is 3.00. The number of rotatable bonds is 3. The molecule has 1 heterocycles. The molecule has 0 aliphatic rings. The first-order valence-electron chi connectivity index (χ1n) is 5.44. The molecule has 0 spiro atoms. The topological polar surface area (TPSA) is 55.9 Å². The van der Waals surface area contributed by atoms with Gasteiger partial charge < -0.3 is 0 Å². The highest BCUT2D eigenvalue weighted by atomic mass is 79.9. The van der Waals surface area contributed by atoms with Crippen molar-refractivity contribution in [2.24, 2.45) is 12.9 Å². The number of hydrazine groups is 1. The minimum atomic E-state index is -0.124. The summed E-state index contributed by atoms with van der Waals surface area (Å²) in [5.41, 5.74) is 6.11. The molecule has 1 aromatic carbocycles. The Morgan fingerprint density at radius 1 is 1.33 bits per heavy atom. The van der Waals surface area contributed by atoms with E-state index < -0.39 is 0 Å². The van der Waals surface area contributed by atoms with E-state index in [1.54, 1.807) is 6.20 Å². The second-order valence-corrected chi connectivity index (χ2v) is 5.83. The van der Waals surface area contributed by atoms with Crippen LogP contribution < -0.4 is 11.3 Å². The fraction of sp³-hybridized carbons (Fsp3) is 0.250. The van der Waals surface area contributed by atoms with Crippen molar-refractivity contribution in [3.8, 4) is 0 Å². The second kappa shape index (κ2) is 5.52. The number of nitrogens with one attached hydrogen (secondary N) is 1. The van der Waals surface area contributed by atoms with Crippen LogP contribution in [0.2, 0.25) is 0 Å². The van der Waals surface area contributed by atoms with Crippen molar-refractivity contribution < 1.29 is 0 Å². The number of hydrogen-bond acceptors (Lipinski definition) is 3. The van der Waals surface area contributed by atoms with Crippen LogP contribution in [-0.4, -0.2) is 9.78 Å². The molecule has 6 heteroatoms. The Morgan fingerprint density at radius 2 is 2.06 bits per heavy atom.